The van der Waals surface area contributed by atoms with Gasteiger partial charge in [-0.3, -0.25) is 0 Å². The largest absolute Gasteiger partial charge is 0.416 e. The van der Waals surface area contributed by atoms with Gasteiger partial charge in [-0.15, -0.1) is 0 Å². The van der Waals surface area contributed by atoms with Crippen LogP contribution in [-0.2, 0) is 12.4 Å². The SMILES string of the molecule is Cc1ccccc1C1C(N)CCCN1C(=O)N(C)C(C)c1cc(C(F)(F)F)cc(C(F)(F)F)c1. The molecule has 0 spiro atoms. The molecule has 1 saturated heterocycles. The van der Waals surface area contributed by atoms with E-state index in [2.05, 4.69) is 0 Å². The van der Waals surface area contributed by atoms with E-state index in [4.69, 9.17) is 5.73 Å². The Hall–Kier alpha value is -2.75. The second kappa shape index (κ2) is 9.48. The summed E-state index contributed by atoms with van der Waals surface area (Å²) >= 11 is 0. The normalized spacial score (nSPS) is 20.2. The third-order valence-electron chi connectivity index (χ3n) is 6.41. The smallest absolute Gasteiger partial charge is 0.326 e. The van der Waals surface area contributed by atoms with Gasteiger partial charge in [0.05, 0.1) is 23.2 Å². The van der Waals surface area contributed by atoms with Gasteiger partial charge in [0.15, 0.2) is 0 Å². The molecule has 2 amide bonds. The number of halogens is 6. The van der Waals surface area contributed by atoms with Crippen molar-refractivity contribution in [3.05, 3.63) is 70.3 Å². The number of likely N-dealkylation sites (tertiary alicyclic amines) is 1. The van der Waals surface area contributed by atoms with Gasteiger partial charge in [0.2, 0.25) is 0 Å². The third-order valence-corrected chi connectivity index (χ3v) is 6.41. The second-order valence-electron chi connectivity index (χ2n) is 8.71. The van der Waals surface area contributed by atoms with E-state index in [9.17, 15) is 31.1 Å². The van der Waals surface area contributed by atoms with Crippen LogP contribution in [0.15, 0.2) is 42.5 Å². The molecule has 0 bridgehead atoms. The van der Waals surface area contributed by atoms with E-state index in [0.29, 0.717) is 31.5 Å². The molecule has 2 aromatic rings. The molecule has 1 aliphatic rings. The summed E-state index contributed by atoms with van der Waals surface area (Å²) in [6.45, 7) is 3.67. The molecule has 2 aromatic carbocycles. The molecule has 0 saturated carbocycles. The first-order valence-electron chi connectivity index (χ1n) is 10.9. The summed E-state index contributed by atoms with van der Waals surface area (Å²) in [5.41, 5.74) is 5.08. The summed E-state index contributed by atoms with van der Waals surface area (Å²) in [4.78, 5) is 16.2. The number of hydrogen-bond acceptors (Lipinski definition) is 2. The van der Waals surface area contributed by atoms with Crippen LogP contribution in [0.2, 0.25) is 0 Å². The van der Waals surface area contributed by atoms with Crippen molar-refractivity contribution in [3.63, 3.8) is 0 Å². The number of aryl methyl sites for hydroxylation is 1. The number of rotatable bonds is 3. The van der Waals surface area contributed by atoms with Gasteiger partial charge < -0.3 is 15.5 Å². The quantitative estimate of drug-likeness (QED) is 0.516. The molecule has 3 unspecified atom stereocenters. The lowest BCUT2D eigenvalue weighted by Gasteiger charge is -2.43. The lowest BCUT2D eigenvalue weighted by molar-refractivity contribution is -0.143. The molecule has 3 rings (SSSR count). The summed E-state index contributed by atoms with van der Waals surface area (Å²) in [7, 11) is 1.37. The van der Waals surface area contributed by atoms with Gasteiger partial charge in [-0.05, 0) is 61.6 Å². The zero-order valence-electron chi connectivity index (χ0n) is 19.0. The minimum atomic E-state index is -4.96. The van der Waals surface area contributed by atoms with E-state index in [1.54, 1.807) is 4.90 Å². The molecule has 1 fully saturated rings. The predicted octanol–water partition coefficient (Wildman–Crippen LogP) is 6.31. The van der Waals surface area contributed by atoms with Crippen molar-refractivity contribution in [2.45, 2.75) is 57.2 Å². The van der Waals surface area contributed by atoms with Crippen molar-refractivity contribution in [3.8, 4) is 0 Å². The van der Waals surface area contributed by atoms with Crippen LogP contribution in [0.3, 0.4) is 0 Å². The van der Waals surface area contributed by atoms with Crippen LogP contribution in [0.4, 0.5) is 31.1 Å². The van der Waals surface area contributed by atoms with Crippen molar-refractivity contribution in [1.82, 2.24) is 9.80 Å². The Bertz CT molecular complexity index is 1000. The van der Waals surface area contributed by atoms with Gasteiger partial charge >= 0.3 is 18.4 Å². The summed E-state index contributed by atoms with van der Waals surface area (Å²) in [6.07, 6.45) is -8.61. The van der Waals surface area contributed by atoms with Gasteiger partial charge in [-0.2, -0.15) is 26.3 Å². The Morgan fingerprint density at radius 1 is 1.06 bits per heavy atom. The van der Waals surface area contributed by atoms with Crippen LogP contribution >= 0.6 is 0 Å². The molecule has 10 heteroatoms. The Kier molecular flexibility index (Phi) is 7.21. The van der Waals surface area contributed by atoms with Crippen LogP contribution in [0.5, 0.6) is 0 Å². The van der Waals surface area contributed by atoms with E-state index < -0.39 is 41.6 Å². The molecule has 0 aliphatic carbocycles. The number of carbonyl (C=O) groups excluding carboxylic acids is 1. The monoisotopic (exact) mass is 487 g/mol. The van der Waals surface area contributed by atoms with Gasteiger partial charge in [-0.25, -0.2) is 4.79 Å². The standard InChI is InChI=1S/C24H27F6N3O/c1-14-7-4-5-8-19(14)21-20(31)9-6-10-33(21)22(34)32(3)15(2)16-11-17(23(25,26)27)13-18(12-16)24(28,29)30/h4-5,7-8,11-13,15,20-21H,6,9-10,31H2,1-3H3. The summed E-state index contributed by atoms with van der Waals surface area (Å²) in [6, 6.07) is 6.49. The maximum atomic E-state index is 13.5. The lowest BCUT2D eigenvalue weighted by atomic mass is 9.88. The highest BCUT2D eigenvalue weighted by Crippen LogP contribution is 2.39. The molecule has 3 atom stereocenters. The zero-order valence-corrected chi connectivity index (χ0v) is 19.0. The van der Waals surface area contributed by atoms with Crippen molar-refractivity contribution in [2.24, 2.45) is 5.73 Å². The highest BCUT2D eigenvalue weighted by Gasteiger charge is 2.39. The van der Waals surface area contributed by atoms with Crippen LogP contribution in [0.25, 0.3) is 0 Å². The van der Waals surface area contributed by atoms with Crippen molar-refractivity contribution < 1.29 is 31.1 Å². The van der Waals surface area contributed by atoms with Crippen LogP contribution in [-0.4, -0.2) is 35.5 Å². The predicted molar refractivity (Wildman–Crippen MR) is 116 cm³/mol. The van der Waals surface area contributed by atoms with Crippen molar-refractivity contribution in [2.75, 3.05) is 13.6 Å². The zero-order chi connectivity index (χ0) is 25.4. The van der Waals surface area contributed by atoms with Crippen molar-refractivity contribution >= 4 is 6.03 Å². The fourth-order valence-corrected chi connectivity index (χ4v) is 4.37. The first kappa shape index (κ1) is 25.9. The van der Waals surface area contributed by atoms with Gasteiger partial charge in [0.25, 0.3) is 0 Å². The first-order chi connectivity index (χ1) is 15.7. The Balaban J connectivity index is 1.96. The fraction of sp³-hybridized carbons (Fsp3) is 0.458. The fourth-order valence-electron chi connectivity index (χ4n) is 4.37. The highest BCUT2D eigenvalue weighted by atomic mass is 19.4. The molecule has 0 radical (unpaired) electrons. The van der Waals surface area contributed by atoms with Crippen LogP contribution < -0.4 is 5.73 Å². The Morgan fingerprint density at radius 2 is 1.62 bits per heavy atom. The van der Waals surface area contributed by atoms with E-state index >= 15 is 0 Å². The summed E-state index contributed by atoms with van der Waals surface area (Å²) in [5, 5.41) is 0. The average Bonchev–Trinajstić information content (AvgIpc) is 2.76. The van der Waals surface area contributed by atoms with Crippen molar-refractivity contribution in [1.29, 1.82) is 0 Å². The Labute approximate surface area is 194 Å². The average molecular weight is 487 g/mol. The van der Waals surface area contributed by atoms with E-state index in [-0.39, 0.29) is 17.7 Å². The number of urea groups is 1. The van der Waals surface area contributed by atoms with Crippen LogP contribution in [0, 0.1) is 6.92 Å². The number of amides is 2. The number of nitrogens with zero attached hydrogens (tertiary/aromatic N) is 2. The number of benzene rings is 2. The molecule has 186 valence electrons. The van der Waals surface area contributed by atoms with Gasteiger partial charge in [0.1, 0.15) is 0 Å². The number of hydrogen-bond donors (Lipinski definition) is 1. The van der Waals surface area contributed by atoms with E-state index in [1.807, 2.05) is 31.2 Å². The molecular weight excluding hydrogens is 460 g/mol. The molecule has 0 aromatic heterocycles. The van der Waals surface area contributed by atoms with Gasteiger partial charge in [0, 0.05) is 19.6 Å². The first-order valence-corrected chi connectivity index (χ1v) is 10.9. The van der Waals surface area contributed by atoms with E-state index in [1.165, 1.54) is 18.9 Å². The molecule has 2 N–H and O–H groups in total. The topological polar surface area (TPSA) is 49.6 Å². The second-order valence-corrected chi connectivity index (χ2v) is 8.71. The number of piperidine rings is 1. The maximum Gasteiger partial charge on any atom is 0.416 e. The minimum absolute atomic E-state index is 0.0793. The summed E-state index contributed by atoms with van der Waals surface area (Å²) < 4.78 is 79.8. The number of carbonyl (C=O) groups is 1. The maximum absolute atomic E-state index is 13.5. The molecular formula is C24H27F6N3O. The Morgan fingerprint density at radius 3 is 2.15 bits per heavy atom. The molecule has 1 aliphatic heterocycles. The van der Waals surface area contributed by atoms with E-state index in [0.717, 1.165) is 11.1 Å². The lowest BCUT2D eigenvalue weighted by Crippen LogP contribution is -2.52. The highest BCUT2D eigenvalue weighted by molar-refractivity contribution is 5.75. The van der Waals surface area contributed by atoms with Gasteiger partial charge in [-0.1, -0.05) is 24.3 Å². The molecule has 4 nitrogen and oxygen atoms in total. The third kappa shape index (κ3) is 5.32. The number of nitrogens with two attached hydrogens (primary N) is 1. The summed E-state index contributed by atoms with van der Waals surface area (Å²) in [5.74, 6) is 0. The molecule has 34 heavy (non-hydrogen) atoms. The van der Waals surface area contributed by atoms with Crippen LogP contribution in [0.1, 0.15) is 59.7 Å². The number of alkyl halides is 6. The molecule has 1 heterocycles. The minimum Gasteiger partial charge on any atom is -0.326 e.